The molecule has 0 spiro atoms. The van der Waals surface area contributed by atoms with E-state index in [0.717, 1.165) is 44.1 Å². The lowest BCUT2D eigenvalue weighted by Crippen LogP contribution is -2.36. The molecular weight excluding hydrogens is 616 g/mol. The fraction of sp³-hybridized carbons (Fsp3) is 0.182. The van der Waals surface area contributed by atoms with Crippen molar-refractivity contribution in [2.45, 2.75) is 27.4 Å². The third-order valence-electron chi connectivity index (χ3n) is 6.88. The Kier molecular flexibility index (Phi) is 8.99. The molecule has 0 bridgehead atoms. The van der Waals surface area contributed by atoms with E-state index in [1.165, 1.54) is 0 Å². The second kappa shape index (κ2) is 12.8. The highest BCUT2D eigenvalue weighted by Crippen LogP contribution is 2.38. The van der Waals surface area contributed by atoms with E-state index in [9.17, 15) is 14.4 Å². The summed E-state index contributed by atoms with van der Waals surface area (Å²) in [6, 6.07) is 23.3. The fourth-order valence-electron chi connectivity index (χ4n) is 4.56. The van der Waals surface area contributed by atoms with Gasteiger partial charge in [-0.25, -0.2) is 0 Å². The van der Waals surface area contributed by atoms with Gasteiger partial charge in [-0.1, -0.05) is 64.5 Å². The molecule has 4 aromatic rings. The Morgan fingerprint density at radius 3 is 2.50 bits per heavy atom. The van der Waals surface area contributed by atoms with Crippen LogP contribution < -0.4 is 14.8 Å². The molecule has 0 aromatic heterocycles. The Labute approximate surface area is 257 Å². The molecule has 7 nitrogen and oxygen atoms in total. The van der Waals surface area contributed by atoms with Crippen LogP contribution in [0.3, 0.4) is 0 Å². The summed E-state index contributed by atoms with van der Waals surface area (Å²) < 4.78 is 12.7. The second-order valence-corrected chi connectivity index (χ2v) is 11.6. The maximum Gasteiger partial charge on any atom is 0.294 e. The average Bonchev–Trinajstić information content (AvgIpc) is 3.23. The highest BCUT2D eigenvalue weighted by Gasteiger charge is 2.36. The van der Waals surface area contributed by atoms with Gasteiger partial charge in [-0.2, -0.15) is 0 Å². The van der Waals surface area contributed by atoms with Gasteiger partial charge in [0.25, 0.3) is 11.1 Å². The number of nitrogens with zero attached hydrogens (tertiary/aromatic N) is 1. The number of nitrogens with one attached hydrogen (secondary N) is 1. The maximum absolute atomic E-state index is 13.1. The van der Waals surface area contributed by atoms with E-state index in [0.29, 0.717) is 40.4 Å². The van der Waals surface area contributed by atoms with Crippen LogP contribution in [0.4, 0.5) is 10.5 Å². The van der Waals surface area contributed by atoms with Crippen LogP contribution in [0, 0.1) is 13.8 Å². The molecule has 1 N–H and O–H groups in total. The van der Waals surface area contributed by atoms with Crippen molar-refractivity contribution in [2.24, 2.45) is 0 Å². The number of anilines is 1. The Balaban J connectivity index is 1.32. The summed E-state index contributed by atoms with van der Waals surface area (Å²) in [5, 5.41) is 4.51. The van der Waals surface area contributed by atoms with Crippen molar-refractivity contribution >= 4 is 67.3 Å². The number of hydrogen-bond acceptors (Lipinski definition) is 6. The van der Waals surface area contributed by atoms with Crippen LogP contribution in [0.25, 0.3) is 16.8 Å². The summed E-state index contributed by atoms with van der Waals surface area (Å²) in [6.45, 7) is 6.20. The molecular formula is C33H29BrN2O5S. The highest BCUT2D eigenvalue weighted by molar-refractivity contribution is 9.10. The molecule has 9 heteroatoms. The van der Waals surface area contributed by atoms with E-state index in [2.05, 4.69) is 39.4 Å². The van der Waals surface area contributed by atoms with Crippen molar-refractivity contribution in [2.75, 3.05) is 18.5 Å². The zero-order chi connectivity index (χ0) is 29.8. The van der Waals surface area contributed by atoms with E-state index in [-0.39, 0.29) is 11.4 Å². The number of hydrogen-bond donors (Lipinski definition) is 1. The van der Waals surface area contributed by atoms with Crippen LogP contribution in [0.2, 0.25) is 0 Å². The van der Waals surface area contributed by atoms with Gasteiger partial charge in [0, 0.05) is 10.2 Å². The van der Waals surface area contributed by atoms with Gasteiger partial charge in [-0.15, -0.1) is 0 Å². The number of thioether (sulfide) groups is 1. The molecule has 1 aliphatic heterocycles. The minimum atomic E-state index is -0.527. The molecule has 0 saturated carbocycles. The molecule has 1 fully saturated rings. The fourth-order valence-corrected chi connectivity index (χ4v) is 5.82. The lowest BCUT2D eigenvalue weighted by molar-refractivity contribution is -0.127. The lowest BCUT2D eigenvalue weighted by Gasteiger charge is -2.15. The van der Waals surface area contributed by atoms with Gasteiger partial charge in [0.1, 0.15) is 13.2 Å². The Morgan fingerprint density at radius 1 is 0.952 bits per heavy atom. The van der Waals surface area contributed by atoms with Gasteiger partial charge < -0.3 is 14.8 Å². The number of rotatable bonds is 9. The molecule has 0 unspecified atom stereocenters. The zero-order valence-electron chi connectivity index (χ0n) is 23.4. The molecule has 0 atom stereocenters. The molecule has 0 aliphatic carbocycles. The summed E-state index contributed by atoms with van der Waals surface area (Å²) in [7, 11) is 0. The maximum atomic E-state index is 13.1. The topological polar surface area (TPSA) is 84.9 Å². The Bertz CT molecular complexity index is 1730. The van der Waals surface area contributed by atoms with Crippen LogP contribution in [0.15, 0.2) is 82.2 Å². The molecule has 4 aromatic carbocycles. The summed E-state index contributed by atoms with van der Waals surface area (Å²) in [4.78, 5) is 39.6. The van der Waals surface area contributed by atoms with Gasteiger partial charge >= 0.3 is 0 Å². The Hall–Kier alpha value is -4.08. The predicted octanol–water partition coefficient (Wildman–Crippen LogP) is 7.87. The van der Waals surface area contributed by atoms with E-state index < -0.39 is 17.1 Å². The van der Waals surface area contributed by atoms with Crippen LogP contribution in [-0.4, -0.2) is 35.1 Å². The smallest absolute Gasteiger partial charge is 0.294 e. The SMILES string of the molecule is CCOc1cc(C=C2SC(=O)N(CC(=O)Nc3ccc(C)c(C)c3)C2=O)c(Br)cc1OCc1cccc2ccccc12. The van der Waals surface area contributed by atoms with Crippen molar-refractivity contribution in [3.63, 3.8) is 0 Å². The molecule has 0 radical (unpaired) electrons. The minimum Gasteiger partial charge on any atom is -0.490 e. The van der Waals surface area contributed by atoms with Crippen LogP contribution in [0.1, 0.15) is 29.2 Å². The summed E-state index contributed by atoms with van der Waals surface area (Å²) in [6.07, 6.45) is 1.62. The molecule has 214 valence electrons. The lowest BCUT2D eigenvalue weighted by atomic mass is 10.1. The number of fused-ring (bicyclic) bond motifs is 1. The normalized spacial score (nSPS) is 14.1. The van der Waals surface area contributed by atoms with Crippen molar-refractivity contribution in [3.8, 4) is 11.5 Å². The standard InChI is InChI=1S/C33H29BrN2O5S/c1-4-40-28-15-24(27(34)17-29(28)41-19-23-10-7-9-22-8-5-6-11-26(22)23)16-30-32(38)36(33(39)42-30)18-31(37)35-25-13-12-20(2)21(3)14-25/h5-17H,4,18-19H2,1-3H3,(H,35,37). The van der Waals surface area contributed by atoms with Gasteiger partial charge in [0.2, 0.25) is 5.91 Å². The zero-order valence-corrected chi connectivity index (χ0v) is 25.8. The first-order valence-corrected chi connectivity index (χ1v) is 15.0. The second-order valence-electron chi connectivity index (χ2n) is 9.80. The minimum absolute atomic E-state index is 0.214. The highest BCUT2D eigenvalue weighted by atomic mass is 79.9. The predicted molar refractivity (Wildman–Crippen MR) is 171 cm³/mol. The third-order valence-corrected chi connectivity index (χ3v) is 8.47. The van der Waals surface area contributed by atoms with Gasteiger partial charge in [-0.05, 0) is 95.9 Å². The van der Waals surface area contributed by atoms with Crippen molar-refractivity contribution in [1.82, 2.24) is 4.90 Å². The number of benzene rings is 4. The summed E-state index contributed by atoms with van der Waals surface area (Å²) >= 11 is 4.38. The van der Waals surface area contributed by atoms with Crippen LogP contribution in [-0.2, 0) is 16.2 Å². The summed E-state index contributed by atoms with van der Waals surface area (Å²) in [5.74, 6) is 0.0832. The monoisotopic (exact) mass is 644 g/mol. The molecule has 1 aliphatic rings. The van der Waals surface area contributed by atoms with Gasteiger partial charge in [-0.3, -0.25) is 19.3 Å². The third kappa shape index (κ3) is 6.53. The van der Waals surface area contributed by atoms with E-state index in [4.69, 9.17) is 9.47 Å². The van der Waals surface area contributed by atoms with Crippen molar-refractivity contribution in [1.29, 1.82) is 0 Å². The van der Waals surface area contributed by atoms with Crippen molar-refractivity contribution < 1.29 is 23.9 Å². The molecule has 1 saturated heterocycles. The van der Waals surface area contributed by atoms with E-state index in [1.54, 1.807) is 24.3 Å². The van der Waals surface area contributed by atoms with Crippen molar-refractivity contribution in [3.05, 3.63) is 104 Å². The van der Waals surface area contributed by atoms with Gasteiger partial charge in [0.15, 0.2) is 11.5 Å². The number of halogens is 1. The number of aryl methyl sites for hydroxylation is 2. The number of imide groups is 1. The molecule has 42 heavy (non-hydrogen) atoms. The quantitative estimate of drug-likeness (QED) is 0.187. The van der Waals surface area contributed by atoms with Crippen LogP contribution >= 0.6 is 27.7 Å². The Morgan fingerprint density at radius 2 is 1.71 bits per heavy atom. The first-order chi connectivity index (χ1) is 20.2. The molecule has 3 amide bonds. The molecule has 5 rings (SSSR count). The van der Waals surface area contributed by atoms with E-state index in [1.807, 2.05) is 57.2 Å². The number of carbonyl (C=O) groups is 3. The van der Waals surface area contributed by atoms with Gasteiger partial charge in [0.05, 0.1) is 11.5 Å². The first kappa shape index (κ1) is 29.4. The van der Waals surface area contributed by atoms with Crippen LogP contribution in [0.5, 0.6) is 11.5 Å². The largest absolute Gasteiger partial charge is 0.490 e. The van der Waals surface area contributed by atoms with E-state index >= 15 is 0 Å². The molecule has 1 heterocycles. The first-order valence-electron chi connectivity index (χ1n) is 13.4. The average molecular weight is 646 g/mol. The number of ether oxygens (including phenoxy) is 2. The number of carbonyl (C=O) groups excluding carboxylic acids is 3. The number of amides is 3. The summed E-state index contributed by atoms with van der Waals surface area (Å²) in [5.41, 5.74) is 4.43.